The van der Waals surface area contributed by atoms with E-state index >= 15 is 0 Å². The highest BCUT2D eigenvalue weighted by Gasteiger charge is 2.24. The third-order valence-corrected chi connectivity index (χ3v) is 3.69. The molecule has 2 heterocycles. The van der Waals surface area contributed by atoms with Crippen LogP contribution in [0.2, 0.25) is 0 Å². The minimum Gasteiger partial charge on any atom is -0.376 e. The summed E-state index contributed by atoms with van der Waals surface area (Å²) in [7, 11) is 0. The Balaban J connectivity index is 1.63. The van der Waals surface area contributed by atoms with E-state index in [4.69, 9.17) is 9.26 Å². The molecule has 1 aromatic heterocycles. The number of fused-ring (bicyclic) bond motifs is 1. The van der Waals surface area contributed by atoms with E-state index in [9.17, 15) is 4.79 Å². The topological polar surface area (TPSA) is 64.4 Å². The molecule has 1 aliphatic rings. The molecule has 0 radical (unpaired) electrons. The van der Waals surface area contributed by atoms with Crippen LogP contribution >= 0.6 is 0 Å². The maximum absolute atomic E-state index is 12.1. The van der Waals surface area contributed by atoms with Gasteiger partial charge in [0.05, 0.1) is 18.6 Å². The van der Waals surface area contributed by atoms with Gasteiger partial charge in [-0.3, -0.25) is 4.79 Å². The average Bonchev–Trinajstić information content (AvgIpc) is 3.09. The lowest BCUT2D eigenvalue weighted by Gasteiger charge is -2.19. The summed E-state index contributed by atoms with van der Waals surface area (Å²) < 4.78 is 10.8. The van der Waals surface area contributed by atoms with Crippen LogP contribution in [0.4, 0.5) is 0 Å². The monoisotopic (exact) mass is 274 g/mol. The minimum absolute atomic E-state index is 0.0307. The first-order valence-corrected chi connectivity index (χ1v) is 6.98. The molecule has 3 rings (SSSR count). The van der Waals surface area contributed by atoms with Crippen molar-refractivity contribution in [3.05, 3.63) is 30.0 Å². The van der Waals surface area contributed by atoms with Gasteiger partial charge < -0.3 is 14.6 Å². The van der Waals surface area contributed by atoms with Crippen LogP contribution in [0.3, 0.4) is 0 Å². The van der Waals surface area contributed by atoms with Gasteiger partial charge in [-0.2, -0.15) is 0 Å². The predicted octanol–water partition coefficient (Wildman–Crippen LogP) is 2.05. The van der Waals surface area contributed by atoms with Gasteiger partial charge in [-0.25, -0.2) is 0 Å². The summed E-state index contributed by atoms with van der Waals surface area (Å²) in [5, 5.41) is 7.85. The Morgan fingerprint density at radius 1 is 1.50 bits per heavy atom. The molecule has 0 saturated carbocycles. The summed E-state index contributed by atoms with van der Waals surface area (Å²) in [4.78, 5) is 12.1. The number of para-hydroxylation sites is 1. The number of carbonyl (C=O) groups is 1. The number of aromatic nitrogens is 1. The number of hydrogen-bond acceptors (Lipinski definition) is 4. The SMILES string of the molecule is C[C@H](NC(=O)Cc1noc2ccccc12)[C@H]1CCCO1. The predicted molar refractivity (Wildman–Crippen MR) is 74.3 cm³/mol. The molecule has 1 fully saturated rings. The van der Waals surface area contributed by atoms with Crippen molar-refractivity contribution in [2.24, 2.45) is 0 Å². The smallest absolute Gasteiger partial charge is 0.226 e. The van der Waals surface area contributed by atoms with E-state index < -0.39 is 0 Å². The number of ether oxygens (including phenoxy) is 1. The lowest BCUT2D eigenvalue weighted by molar-refractivity contribution is -0.122. The van der Waals surface area contributed by atoms with Crippen molar-refractivity contribution in [1.29, 1.82) is 0 Å². The van der Waals surface area contributed by atoms with Gasteiger partial charge in [0.25, 0.3) is 0 Å². The molecule has 106 valence electrons. The molecule has 1 aliphatic heterocycles. The summed E-state index contributed by atoms with van der Waals surface area (Å²) >= 11 is 0. The maximum Gasteiger partial charge on any atom is 0.226 e. The lowest BCUT2D eigenvalue weighted by Crippen LogP contribution is -2.41. The molecular formula is C15H18N2O3. The van der Waals surface area contributed by atoms with Crippen LogP contribution in [-0.4, -0.2) is 29.8 Å². The zero-order valence-electron chi connectivity index (χ0n) is 11.5. The van der Waals surface area contributed by atoms with Crippen molar-refractivity contribution in [2.45, 2.75) is 38.3 Å². The normalized spacial score (nSPS) is 20.1. The van der Waals surface area contributed by atoms with Gasteiger partial charge in [0.15, 0.2) is 5.58 Å². The van der Waals surface area contributed by atoms with E-state index in [-0.39, 0.29) is 24.5 Å². The van der Waals surface area contributed by atoms with E-state index in [1.54, 1.807) is 0 Å². The zero-order chi connectivity index (χ0) is 13.9. The van der Waals surface area contributed by atoms with Gasteiger partial charge in [0.1, 0.15) is 5.69 Å². The summed E-state index contributed by atoms with van der Waals surface area (Å²) in [6.07, 6.45) is 2.44. The molecule has 5 nitrogen and oxygen atoms in total. The summed E-state index contributed by atoms with van der Waals surface area (Å²) in [5.74, 6) is -0.0490. The van der Waals surface area contributed by atoms with E-state index in [0.717, 1.165) is 24.8 Å². The van der Waals surface area contributed by atoms with Gasteiger partial charge in [0, 0.05) is 12.0 Å². The number of nitrogens with zero attached hydrogens (tertiary/aromatic N) is 1. The van der Waals surface area contributed by atoms with Crippen molar-refractivity contribution < 1.29 is 14.1 Å². The minimum atomic E-state index is -0.0490. The Labute approximate surface area is 117 Å². The number of carbonyl (C=O) groups excluding carboxylic acids is 1. The van der Waals surface area contributed by atoms with E-state index in [1.807, 2.05) is 31.2 Å². The molecule has 0 aliphatic carbocycles. The fourth-order valence-electron chi connectivity index (χ4n) is 2.61. The van der Waals surface area contributed by atoms with Crippen molar-refractivity contribution in [3.8, 4) is 0 Å². The third kappa shape index (κ3) is 2.67. The fourth-order valence-corrected chi connectivity index (χ4v) is 2.61. The van der Waals surface area contributed by atoms with E-state index in [2.05, 4.69) is 10.5 Å². The van der Waals surface area contributed by atoms with Crippen LogP contribution < -0.4 is 5.32 Å². The second kappa shape index (κ2) is 5.63. The molecular weight excluding hydrogens is 256 g/mol. The lowest BCUT2D eigenvalue weighted by atomic mass is 10.1. The van der Waals surface area contributed by atoms with Crippen molar-refractivity contribution in [2.75, 3.05) is 6.61 Å². The molecule has 0 unspecified atom stereocenters. The van der Waals surface area contributed by atoms with Gasteiger partial charge in [-0.05, 0) is 31.9 Å². The fraction of sp³-hybridized carbons (Fsp3) is 0.467. The van der Waals surface area contributed by atoms with E-state index in [0.29, 0.717) is 11.3 Å². The number of amides is 1. The van der Waals surface area contributed by atoms with Crippen LogP contribution in [0, 0.1) is 0 Å². The largest absolute Gasteiger partial charge is 0.376 e. The maximum atomic E-state index is 12.1. The molecule has 0 spiro atoms. The number of rotatable bonds is 4. The first kappa shape index (κ1) is 13.1. The average molecular weight is 274 g/mol. The van der Waals surface area contributed by atoms with Crippen LogP contribution in [0.1, 0.15) is 25.5 Å². The van der Waals surface area contributed by atoms with Gasteiger partial charge >= 0.3 is 0 Å². The number of nitrogens with one attached hydrogen (secondary N) is 1. The molecule has 1 aromatic carbocycles. The Bertz CT molecular complexity index is 602. The highest BCUT2D eigenvalue weighted by molar-refractivity contribution is 5.86. The molecule has 1 saturated heterocycles. The van der Waals surface area contributed by atoms with Crippen LogP contribution in [0.25, 0.3) is 11.0 Å². The molecule has 20 heavy (non-hydrogen) atoms. The number of benzene rings is 1. The molecule has 1 amide bonds. The van der Waals surface area contributed by atoms with Crippen molar-refractivity contribution in [3.63, 3.8) is 0 Å². The summed E-state index contributed by atoms with van der Waals surface area (Å²) in [6, 6.07) is 7.59. The Morgan fingerprint density at radius 2 is 2.35 bits per heavy atom. The highest BCUT2D eigenvalue weighted by Crippen LogP contribution is 2.19. The Kier molecular flexibility index (Phi) is 3.69. The van der Waals surface area contributed by atoms with Crippen LogP contribution in [-0.2, 0) is 16.0 Å². The highest BCUT2D eigenvalue weighted by atomic mass is 16.5. The zero-order valence-corrected chi connectivity index (χ0v) is 11.5. The van der Waals surface area contributed by atoms with Crippen LogP contribution in [0.5, 0.6) is 0 Å². The van der Waals surface area contributed by atoms with Gasteiger partial charge in [0.2, 0.25) is 5.91 Å². The standard InChI is InChI=1S/C15H18N2O3/c1-10(13-7-4-8-19-13)16-15(18)9-12-11-5-2-3-6-14(11)20-17-12/h2-3,5-6,10,13H,4,7-9H2,1H3,(H,16,18)/t10-,13+/m0/s1. The molecule has 1 N–H and O–H groups in total. The van der Waals surface area contributed by atoms with E-state index in [1.165, 1.54) is 0 Å². The molecule has 2 atom stereocenters. The molecule has 0 bridgehead atoms. The van der Waals surface area contributed by atoms with Crippen molar-refractivity contribution in [1.82, 2.24) is 10.5 Å². The summed E-state index contributed by atoms with van der Waals surface area (Å²) in [6.45, 7) is 2.77. The van der Waals surface area contributed by atoms with Gasteiger partial charge in [-0.15, -0.1) is 0 Å². The first-order chi connectivity index (χ1) is 9.74. The Morgan fingerprint density at radius 3 is 3.15 bits per heavy atom. The van der Waals surface area contributed by atoms with Gasteiger partial charge in [-0.1, -0.05) is 17.3 Å². The Hall–Kier alpha value is -1.88. The molecule has 5 heteroatoms. The first-order valence-electron chi connectivity index (χ1n) is 6.98. The van der Waals surface area contributed by atoms with Crippen molar-refractivity contribution >= 4 is 16.9 Å². The molecule has 2 aromatic rings. The number of hydrogen-bond donors (Lipinski definition) is 1. The third-order valence-electron chi connectivity index (χ3n) is 3.69. The summed E-state index contributed by atoms with van der Waals surface area (Å²) in [5.41, 5.74) is 1.39. The second-order valence-corrected chi connectivity index (χ2v) is 5.21. The van der Waals surface area contributed by atoms with Crippen LogP contribution in [0.15, 0.2) is 28.8 Å². The quantitative estimate of drug-likeness (QED) is 0.926. The second-order valence-electron chi connectivity index (χ2n) is 5.21.